The molecule has 1 aliphatic heterocycles. The first-order valence-corrected chi connectivity index (χ1v) is 11.3. The van der Waals surface area contributed by atoms with Gasteiger partial charge in [0, 0.05) is 25.7 Å². The van der Waals surface area contributed by atoms with Gasteiger partial charge in [-0.15, -0.1) is 0 Å². The van der Waals surface area contributed by atoms with Gasteiger partial charge in [-0.05, 0) is 69.2 Å². The van der Waals surface area contributed by atoms with Crippen LogP contribution in [0.2, 0.25) is 0 Å². The molecule has 5 nitrogen and oxygen atoms in total. The lowest BCUT2D eigenvalue weighted by Crippen LogP contribution is -2.31. The zero-order valence-electron chi connectivity index (χ0n) is 19.8. The van der Waals surface area contributed by atoms with Gasteiger partial charge in [0.05, 0.1) is 21.6 Å². The first kappa shape index (κ1) is 29.6. The molecule has 0 radical (unpaired) electrons. The Morgan fingerprint density at radius 1 is 1.03 bits per heavy atom. The van der Waals surface area contributed by atoms with E-state index in [9.17, 15) is 40.6 Å². The van der Waals surface area contributed by atoms with Gasteiger partial charge in [-0.1, -0.05) is 0 Å². The Balaban J connectivity index is 0.000000830. The predicted octanol–water partition coefficient (Wildman–Crippen LogP) is 6.99. The van der Waals surface area contributed by atoms with E-state index in [0.717, 1.165) is 6.07 Å². The van der Waals surface area contributed by atoms with Crippen LogP contribution >= 0.6 is 11.9 Å². The Kier molecular flexibility index (Phi) is 9.16. The third-order valence-corrected chi connectivity index (χ3v) is 5.87. The van der Waals surface area contributed by atoms with Gasteiger partial charge in [0.1, 0.15) is 18.2 Å². The molecule has 0 bridgehead atoms. The largest absolute Gasteiger partial charge is 0.492 e. The number of ether oxygens (including phenoxy) is 1. The number of likely N-dealkylation sites (N-methyl/N-ethyl adjacent to an activating group) is 1. The van der Waals surface area contributed by atoms with Gasteiger partial charge in [-0.2, -0.15) is 26.3 Å². The highest BCUT2D eigenvalue weighted by Crippen LogP contribution is 2.46. The van der Waals surface area contributed by atoms with Crippen LogP contribution in [0.4, 0.5) is 42.1 Å². The number of fused-ring (bicyclic) bond motifs is 1. The minimum Gasteiger partial charge on any atom is -0.492 e. The molecule has 0 aliphatic carbocycles. The number of alkyl halides is 6. The van der Waals surface area contributed by atoms with Crippen LogP contribution < -0.4 is 9.64 Å². The summed E-state index contributed by atoms with van der Waals surface area (Å²) in [5, 5.41) is 9.25. The van der Waals surface area contributed by atoms with Crippen molar-refractivity contribution in [2.24, 2.45) is 5.41 Å². The van der Waals surface area contributed by atoms with Crippen LogP contribution in [0.25, 0.3) is 0 Å². The Morgan fingerprint density at radius 2 is 1.58 bits per heavy atom. The topological polar surface area (TPSA) is 53.0 Å². The zero-order valence-corrected chi connectivity index (χ0v) is 20.6. The Hall–Kier alpha value is -2.67. The summed E-state index contributed by atoms with van der Waals surface area (Å²) in [4.78, 5) is 13.5. The van der Waals surface area contributed by atoms with Crippen LogP contribution in [-0.4, -0.2) is 48.3 Å². The van der Waals surface area contributed by atoms with Crippen molar-refractivity contribution in [3.63, 3.8) is 0 Å². The van der Waals surface area contributed by atoms with E-state index < -0.39 is 47.5 Å². The Morgan fingerprint density at radius 3 is 2.08 bits per heavy atom. The summed E-state index contributed by atoms with van der Waals surface area (Å²) in [5.41, 5.74) is -1.48. The predicted molar refractivity (Wildman–Crippen MR) is 122 cm³/mol. The molecule has 3 rings (SSSR count). The van der Waals surface area contributed by atoms with E-state index in [2.05, 4.69) is 0 Å². The number of benzene rings is 2. The molecule has 1 aliphatic rings. The third-order valence-electron chi connectivity index (χ3n) is 4.86. The number of aliphatic carboxylic acids is 1. The van der Waals surface area contributed by atoms with Gasteiger partial charge in [0.2, 0.25) is 0 Å². The number of nitrogens with zero attached hydrogens (tertiary/aromatic N) is 2. The van der Waals surface area contributed by atoms with Gasteiger partial charge in [0.15, 0.2) is 0 Å². The van der Waals surface area contributed by atoms with Crippen molar-refractivity contribution in [3.8, 4) is 5.75 Å². The molecule has 0 aromatic heterocycles. The number of halogens is 7. The highest BCUT2D eigenvalue weighted by molar-refractivity contribution is 7.97. The van der Waals surface area contributed by atoms with Crippen LogP contribution in [0, 0.1) is 11.2 Å². The molecule has 2 aromatic carbocycles. The molecule has 0 saturated carbocycles. The fraction of sp³-hybridized carbons (Fsp3) is 0.435. The maximum absolute atomic E-state index is 13.9. The maximum Gasteiger partial charge on any atom is 0.420 e. The van der Waals surface area contributed by atoms with E-state index in [1.807, 2.05) is 11.4 Å². The van der Waals surface area contributed by atoms with Crippen LogP contribution in [0.5, 0.6) is 5.75 Å². The maximum atomic E-state index is 13.9. The molecule has 0 unspecified atom stereocenters. The number of anilines is 2. The molecule has 36 heavy (non-hydrogen) atoms. The summed E-state index contributed by atoms with van der Waals surface area (Å²) in [6.07, 6.45) is -8.71. The van der Waals surface area contributed by atoms with E-state index in [1.165, 1.54) is 56.1 Å². The molecule has 200 valence electrons. The minimum absolute atomic E-state index is 0.188. The molecule has 2 aromatic rings. The van der Waals surface area contributed by atoms with Crippen molar-refractivity contribution in [1.82, 2.24) is 4.31 Å². The van der Waals surface area contributed by atoms with Crippen molar-refractivity contribution in [2.45, 2.75) is 38.0 Å². The molecule has 1 N–H and O–H groups in total. The summed E-state index contributed by atoms with van der Waals surface area (Å²) in [7, 11) is 1.81. The van der Waals surface area contributed by atoms with Crippen molar-refractivity contribution in [2.75, 3.05) is 31.6 Å². The molecule has 0 atom stereocenters. The average molecular weight is 543 g/mol. The van der Waals surface area contributed by atoms with Gasteiger partial charge in [-0.25, -0.2) is 8.70 Å². The molecule has 1 heterocycles. The highest BCUT2D eigenvalue weighted by atomic mass is 32.2. The molecule has 0 spiro atoms. The van der Waals surface area contributed by atoms with E-state index in [4.69, 9.17) is 4.74 Å². The van der Waals surface area contributed by atoms with Crippen LogP contribution in [0.1, 0.15) is 26.3 Å². The van der Waals surface area contributed by atoms with Crippen LogP contribution in [0.15, 0.2) is 41.3 Å². The third kappa shape index (κ3) is 8.47. The second-order valence-electron chi connectivity index (χ2n) is 8.64. The number of rotatable bonds is 5. The standard InChI is InChI=1S/C21H22F4N2O3S.C2H3F3/c1-20(2,19(28)29)12-30-17-11-18-16(10-15(17)21(23,24)25)27(9-8-26(3)31-18)14-6-4-13(22)5-7-14;1-2(3,4)5/h4-7,10-11H,8-9,12H2,1-3H3,(H,28,29);1H3. The number of carboxylic acids is 1. The smallest absolute Gasteiger partial charge is 0.420 e. The monoisotopic (exact) mass is 542 g/mol. The number of carboxylic acid groups (broad SMARTS) is 1. The normalized spacial score (nSPS) is 14.9. The van der Waals surface area contributed by atoms with Crippen molar-refractivity contribution >= 4 is 29.3 Å². The van der Waals surface area contributed by atoms with Crippen molar-refractivity contribution < 1.29 is 45.4 Å². The van der Waals surface area contributed by atoms with E-state index in [-0.39, 0.29) is 6.92 Å². The average Bonchev–Trinajstić information content (AvgIpc) is 2.88. The molecular weight excluding hydrogens is 517 g/mol. The van der Waals surface area contributed by atoms with E-state index >= 15 is 0 Å². The zero-order chi connectivity index (χ0) is 27.5. The molecule has 13 heteroatoms. The second kappa shape index (κ2) is 11.2. The summed E-state index contributed by atoms with van der Waals surface area (Å²) in [6.45, 7) is 3.46. The fourth-order valence-corrected chi connectivity index (χ4v) is 3.89. The molecule has 0 saturated heterocycles. The summed E-state index contributed by atoms with van der Waals surface area (Å²) in [6, 6.07) is 7.84. The quantitative estimate of drug-likeness (QED) is 0.325. The van der Waals surface area contributed by atoms with E-state index in [1.54, 1.807) is 4.90 Å². The summed E-state index contributed by atoms with van der Waals surface area (Å²) >= 11 is 1.26. The second-order valence-corrected chi connectivity index (χ2v) is 9.89. The lowest BCUT2D eigenvalue weighted by Gasteiger charge is -2.27. The number of carbonyl (C=O) groups is 1. The van der Waals surface area contributed by atoms with Crippen LogP contribution in [0.3, 0.4) is 0 Å². The summed E-state index contributed by atoms with van der Waals surface area (Å²) < 4.78 is 93.3. The lowest BCUT2D eigenvalue weighted by molar-refractivity contribution is -0.148. The van der Waals surface area contributed by atoms with Gasteiger partial charge in [-0.3, -0.25) is 4.79 Å². The molecular formula is C23H25F7N2O3S. The van der Waals surface area contributed by atoms with Crippen molar-refractivity contribution in [1.29, 1.82) is 0 Å². The Labute approximate surface area is 208 Å². The van der Waals surface area contributed by atoms with E-state index in [0.29, 0.717) is 29.4 Å². The highest BCUT2D eigenvalue weighted by Gasteiger charge is 2.38. The SMILES string of the molecule is CC(F)(F)F.CN1CCN(c2ccc(F)cc2)c2cc(C(F)(F)F)c(OCC(C)(C)C(=O)O)cc2S1. The fourth-order valence-electron chi connectivity index (χ4n) is 2.96. The Bertz CT molecular complexity index is 1050. The first-order chi connectivity index (χ1) is 16.4. The van der Waals surface area contributed by atoms with Crippen molar-refractivity contribution in [3.05, 3.63) is 47.8 Å². The van der Waals surface area contributed by atoms with Gasteiger partial charge < -0.3 is 14.7 Å². The minimum atomic E-state index is -4.71. The van der Waals surface area contributed by atoms with Gasteiger partial charge >= 0.3 is 18.3 Å². The molecule has 0 amide bonds. The van der Waals surface area contributed by atoms with Gasteiger partial charge in [0.25, 0.3) is 0 Å². The molecule has 0 fully saturated rings. The number of hydrogen-bond acceptors (Lipinski definition) is 5. The first-order valence-electron chi connectivity index (χ1n) is 10.5. The van der Waals surface area contributed by atoms with Crippen LogP contribution in [-0.2, 0) is 11.0 Å². The summed E-state index contributed by atoms with van der Waals surface area (Å²) in [5.74, 6) is -2.04. The lowest BCUT2D eigenvalue weighted by atomic mass is 9.95. The number of hydrogen-bond donors (Lipinski definition) is 1.